The third kappa shape index (κ3) is 10.4. The number of rotatable bonds is 12. The fourth-order valence-corrected chi connectivity index (χ4v) is 1.36. The van der Waals surface area contributed by atoms with Gasteiger partial charge in [-0.05, 0) is 32.1 Å². The largest absolute Gasteiger partial charge is 0.396 e. The highest BCUT2D eigenvalue weighted by molar-refractivity contribution is 4.48. The number of ether oxygens (including phenoxy) is 2. The van der Waals surface area contributed by atoms with E-state index in [9.17, 15) is 0 Å². The minimum Gasteiger partial charge on any atom is -0.396 e. The maximum Gasteiger partial charge on any atom is 0.157 e. The first-order valence-corrected chi connectivity index (χ1v) is 6.69. The van der Waals surface area contributed by atoms with Crippen molar-refractivity contribution in [1.29, 1.82) is 0 Å². The molecule has 0 unspecified atom stereocenters. The summed E-state index contributed by atoms with van der Waals surface area (Å²) >= 11 is 0. The van der Waals surface area contributed by atoms with Gasteiger partial charge in [-0.1, -0.05) is 26.7 Å². The summed E-state index contributed by atoms with van der Waals surface area (Å²) < 4.78 is 11.3. The second-order valence-electron chi connectivity index (χ2n) is 4.10. The lowest BCUT2D eigenvalue weighted by Gasteiger charge is -2.18. The highest BCUT2D eigenvalue weighted by Gasteiger charge is 2.08. The van der Waals surface area contributed by atoms with E-state index >= 15 is 0 Å². The molecular formula is C13H28O3. The van der Waals surface area contributed by atoms with Crippen LogP contribution in [0, 0.1) is 0 Å². The van der Waals surface area contributed by atoms with Gasteiger partial charge in [-0.15, -0.1) is 0 Å². The second kappa shape index (κ2) is 12.9. The first kappa shape index (κ1) is 15.9. The van der Waals surface area contributed by atoms with Gasteiger partial charge in [0.15, 0.2) is 6.29 Å². The van der Waals surface area contributed by atoms with Crippen LogP contribution in [-0.2, 0) is 9.47 Å². The van der Waals surface area contributed by atoms with Crippen molar-refractivity contribution in [1.82, 2.24) is 0 Å². The van der Waals surface area contributed by atoms with Crippen LogP contribution < -0.4 is 0 Å². The summed E-state index contributed by atoms with van der Waals surface area (Å²) in [5.74, 6) is 0. The van der Waals surface area contributed by atoms with Crippen LogP contribution in [0.3, 0.4) is 0 Å². The van der Waals surface area contributed by atoms with Crippen LogP contribution >= 0.6 is 0 Å². The molecule has 1 N–H and O–H groups in total. The second-order valence-corrected chi connectivity index (χ2v) is 4.10. The van der Waals surface area contributed by atoms with E-state index in [4.69, 9.17) is 14.6 Å². The average Bonchev–Trinajstić information content (AvgIpc) is 2.29. The Kier molecular flexibility index (Phi) is 12.9. The minimum atomic E-state index is -0.0651. The maximum absolute atomic E-state index is 8.73. The Morgan fingerprint density at radius 2 is 1.44 bits per heavy atom. The van der Waals surface area contributed by atoms with E-state index in [0.29, 0.717) is 0 Å². The Balaban J connectivity index is 3.58. The fraction of sp³-hybridized carbons (Fsp3) is 1.00. The van der Waals surface area contributed by atoms with Gasteiger partial charge in [0.25, 0.3) is 0 Å². The molecule has 0 aromatic carbocycles. The molecule has 98 valence electrons. The van der Waals surface area contributed by atoms with E-state index in [1.54, 1.807) is 0 Å². The minimum absolute atomic E-state index is 0.0651. The van der Waals surface area contributed by atoms with Gasteiger partial charge in [0.2, 0.25) is 0 Å². The zero-order valence-electron chi connectivity index (χ0n) is 10.9. The van der Waals surface area contributed by atoms with Crippen LogP contribution in [0.4, 0.5) is 0 Å². The molecule has 0 aliphatic carbocycles. The molecule has 0 radical (unpaired) electrons. The Bertz CT molecular complexity index is 105. The molecule has 0 aromatic rings. The zero-order chi connectivity index (χ0) is 12.1. The van der Waals surface area contributed by atoms with Gasteiger partial charge >= 0.3 is 0 Å². The van der Waals surface area contributed by atoms with Crippen molar-refractivity contribution < 1.29 is 14.6 Å². The molecule has 0 saturated carbocycles. The van der Waals surface area contributed by atoms with Gasteiger partial charge in [0.05, 0.1) is 0 Å². The maximum atomic E-state index is 8.73. The summed E-state index contributed by atoms with van der Waals surface area (Å²) in [5.41, 5.74) is 0. The van der Waals surface area contributed by atoms with Crippen molar-refractivity contribution >= 4 is 0 Å². The normalized spacial score (nSPS) is 11.2. The number of hydrogen-bond acceptors (Lipinski definition) is 3. The molecule has 16 heavy (non-hydrogen) atoms. The first-order valence-electron chi connectivity index (χ1n) is 6.69. The number of hydrogen-bond donors (Lipinski definition) is 1. The van der Waals surface area contributed by atoms with Crippen LogP contribution in [0.25, 0.3) is 0 Å². The molecule has 0 bridgehead atoms. The van der Waals surface area contributed by atoms with Crippen molar-refractivity contribution in [3.05, 3.63) is 0 Å². The third-order valence-electron chi connectivity index (χ3n) is 2.45. The summed E-state index contributed by atoms with van der Waals surface area (Å²) in [7, 11) is 0. The van der Waals surface area contributed by atoms with Crippen molar-refractivity contribution in [3.63, 3.8) is 0 Å². The molecule has 0 aromatic heterocycles. The Labute approximate surface area is 100 Å². The molecule has 0 rings (SSSR count). The topological polar surface area (TPSA) is 38.7 Å². The van der Waals surface area contributed by atoms with E-state index < -0.39 is 0 Å². The van der Waals surface area contributed by atoms with Crippen molar-refractivity contribution in [2.75, 3.05) is 19.8 Å². The van der Waals surface area contributed by atoms with Crippen LogP contribution in [0.2, 0.25) is 0 Å². The van der Waals surface area contributed by atoms with Crippen LogP contribution in [0.15, 0.2) is 0 Å². The first-order chi connectivity index (χ1) is 7.85. The Hall–Kier alpha value is -0.120. The smallest absolute Gasteiger partial charge is 0.157 e. The van der Waals surface area contributed by atoms with Gasteiger partial charge in [0, 0.05) is 19.8 Å². The average molecular weight is 232 g/mol. The molecule has 0 aliphatic rings. The number of aliphatic hydroxyl groups excluding tert-OH is 1. The van der Waals surface area contributed by atoms with Gasteiger partial charge < -0.3 is 14.6 Å². The van der Waals surface area contributed by atoms with Crippen molar-refractivity contribution in [2.45, 2.75) is 65.1 Å². The molecule has 0 aliphatic heterocycles. The molecule has 0 fully saturated rings. The van der Waals surface area contributed by atoms with E-state index in [1.165, 1.54) is 0 Å². The lowest BCUT2D eigenvalue weighted by Crippen LogP contribution is -2.19. The summed E-state index contributed by atoms with van der Waals surface area (Å²) in [5, 5.41) is 8.73. The molecular weight excluding hydrogens is 204 g/mol. The van der Waals surface area contributed by atoms with E-state index in [2.05, 4.69) is 13.8 Å². The van der Waals surface area contributed by atoms with E-state index in [0.717, 1.165) is 58.2 Å². The van der Waals surface area contributed by atoms with Crippen LogP contribution in [0.1, 0.15) is 58.8 Å². The highest BCUT2D eigenvalue weighted by atomic mass is 16.7. The summed E-state index contributed by atoms with van der Waals surface area (Å²) in [4.78, 5) is 0. The fourth-order valence-electron chi connectivity index (χ4n) is 1.36. The van der Waals surface area contributed by atoms with Crippen molar-refractivity contribution in [3.8, 4) is 0 Å². The number of unbranched alkanes of at least 4 members (excludes halogenated alkanes) is 3. The third-order valence-corrected chi connectivity index (χ3v) is 2.45. The van der Waals surface area contributed by atoms with Crippen LogP contribution in [0.5, 0.6) is 0 Å². The Morgan fingerprint density at radius 1 is 0.875 bits per heavy atom. The van der Waals surface area contributed by atoms with Gasteiger partial charge in [-0.2, -0.15) is 0 Å². The molecule has 0 saturated heterocycles. The lowest BCUT2D eigenvalue weighted by atomic mass is 10.2. The molecule has 0 atom stereocenters. The van der Waals surface area contributed by atoms with Gasteiger partial charge in [0.1, 0.15) is 0 Å². The van der Waals surface area contributed by atoms with E-state index in [-0.39, 0.29) is 12.9 Å². The predicted octanol–water partition coefficient (Wildman–Crippen LogP) is 3.11. The summed E-state index contributed by atoms with van der Waals surface area (Å²) in [6.45, 7) is 6.14. The summed E-state index contributed by atoms with van der Waals surface area (Å²) in [6.07, 6.45) is 7.13. The molecule has 0 amide bonds. The number of aliphatic hydroxyl groups is 1. The van der Waals surface area contributed by atoms with Crippen LogP contribution in [-0.4, -0.2) is 31.2 Å². The van der Waals surface area contributed by atoms with Gasteiger partial charge in [-0.25, -0.2) is 0 Å². The molecule has 0 spiro atoms. The highest BCUT2D eigenvalue weighted by Crippen LogP contribution is 2.08. The van der Waals surface area contributed by atoms with Crippen molar-refractivity contribution in [2.24, 2.45) is 0 Å². The standard InChI is InChI=1S/C13H28O3/c1-3-5-11-15-13(9-7-8-10-14)16-12-6-4-2/h13-14H,3-12H2,1-2H3. The molecule has 3 nitrogen and oxygen atoms in total. The predicted molar refractivity (Wildman–Crippen MR) is 66.4 cm³/mol. The quantitative estimate of drug-likeness (QED) is 0.415. The SMILES string of the molecule is CCCCOC(CCCCO)OCCCC. The van der Waals surface area contributed by atoms with Gasteiger partial charge in [-0.3, -0.25) is 0 Å². The monoisotopic (exact) mass is 232 g/mol. The molecule has 0 heterocycles. The lowest BCUT2D eigenvalue weighted by molar-refractivity contribution is -0.147. The summed E-state index contributed by atoms with van der Waals surface area (Å²) in [6, 6.07) is 0. The Morgan fingerprint density at radius 3 is 1.88 bits per heavy atom. The zero-order valence-corrected chi connectivity index (χ0v) is 10.9. The molecule has 3 heteroatoms. The van der Waals surface area contributed by atoms with E-state index in [1.807, 2.05) is 0 Å².